The van der Waals surface area contributed by atoms with Gasteiger partial charge in [-0.15, -0.1) is 0 Å². The number of hydrogen-bond donors (Lipinski definition) is 1. The Morgan fingerprint density at radius 2 is 2.05 bits per heavy atom. The SMILES string of the molecule is Fc1cc(Br)cc(OCCNC2CCOCC2)c1F. The highest BCUT2D eigenvalue weighted by molar-refractivity contribution is 9.10. The molecule has 0 amide bonds. The summed E-state index contributed by atoms with van der Waals surface area (Å²) in [6, 6.07) is 2.91. The van der Waals surface area contributed by atoms with Gasteiger partial charge in [-0.05, 0) is 25.0 Å². The molecular formula is C13H16BrF2NO2. The quantitative estimate of drug-likeness (QED) is 0.663. The minimum Gasteiger partial charge on any atom is -0.489 e. The van der Waals surface area contributed by atoms with E-state index in [9.17, 15) is 8.78 Å². The fourth-order valence-electron chi connectivity index (χ4n) is 1.96. The maximum absolute atomic E-state index is 13.4. The molecule has 0 aliphatic carbocycles. The first-order valence-corrected chi connectivity index (χ1v) is 7.04. The molecule has 1 aliphatic rings. The van der Waals surface area contributed by atoms with E-state index < -0.39 is 11.6 Å². The van der Waals surface area contributed by atoms with Gasteiger partial charge in [0.05, 0.1) is 0 Å². The molecule has 3 nitrogen and oxygen atoms in total. The predicted octanol–water partition coefficient (Wildman–Crippen LogP) is 2.87. The van der Waals surface area contributed by atoms with Crippen LogP contribution in [0.15, 0.2) is 16.6 Å². The first kappa shape index (κ1) is 14.7. The Balaban J connectivity index is 1.76. The Hall–Kier alpha value is -0.720. The fraction of sp³-hybridized carbons (Fsp3) is 0.538. The maximum Gasteiger partial charge on any atom is 0.200 e. The van der Waals surface area contributed by atoms with Gasteiger partial charge in [-0.25, -0.2) is 4.39 Å². The normalized spacial score (nSPS) is 16.6. The molecule has 1 aromatic carbocycles. The smallest absolute Gasteiger partial charge is 0.200 e. The fourth-order valence-corrected chi connectivity index (χ4v) is 2.37. The van der Waals surface area contributed by atoms with Gasteiger partial charge in [0.15, 0.2) is 11.6 Å². The van der Waals surface area contributed by atoms with Crippen molar-refractivity contribution in [1.29, 1.82) is 0 Å². The van der Waals surface area contributed by atoms with Crippen LogP contribution in [0.3, 0.4) is 0 Å². The number of nitrogens with one attached hydrogen (secondary N) is 1. The number of halogens is 3. The highest BCUT2D eigenvalue weighted by atomic mass is 79.9. The molecule has 0 spiro atoms. The summed E-state index contributed by atoms with van der Waals surface area (Å²) in [5.74, 6) is -1.93. The summed E-state index contributed by atoms with van der Waals surface area (Å²) in [7, 11) is 0. The highest BCUT2D eigenvalue weighted by Gasteiger charge is 2.13. The Labute approximate surface area is 119 Å². The van der Waals surface area contributed by atoms with Crippen LogP contribution in [0, 0.1) is 11.6 Å². The molecule has 0 radical (unpaired) electrons. The van der Waals surface area contributed by atoms with Crippen LogP contribution in [0.4, 0.5) is 8.78 Å². The van der Waals surface area contributed by atoms with Gasteiger partial charge in [-0.3, -0.25) is 0 Å². The molecule has 0 aromatic heterocycles. The zero-order valence-corrected chi connectivity index (χ0v) is 12.0. The van der Waals surface area contributed by atoms with Gasteiger partial charge in [0.25, 0.3) is 0 Å². The van der Waals surface area contributed by atoms with Gasteiger partial charge < -0.3 is 14.8 Å². The molecule has 1 fully saturated rings. The van der Waals surface area contributed by atoms with Crippen LogP contribution in [0.2, 0.25) is 0 Å². The number of rotatable bonds is 5. The third kappa shape index (κ3) is 4.40. The third-order valence-electron chi connectivity index (χ3n) is 2.97. The number of ether oxygens (including phenoxy) is 2. The first-order chi connectivity index (χ1) is 9.16. The predicted molar refractivity (Wildman–Crippen MR) is 71.4 cm³/mol. The molecule has 1 N–H and O–H groups in total. The maximum atomic E-state index is 13.4. The van der Waals surface area contributed by atoms with Crippen LogP contribution in [0.5, 0.6) is 5.75 Å². The molecule has 6 heteroatoms. The summed E-state index contributed by atoms with van der Waals surface area (Å²) in [4.78, 5) is 0. The molecule has 2 rings (SSSR count). The zero-order chi connectivity index (χ0) is 13.7. The molecule has 106 valence electrons. The van der Waals surface area contributed by atoms with Crippen LogP contribution in [0.1, 0.15) is 12.8 Å². The molecule has 0 bridgehead atoms. The average molecular weight is 336 g/mol. The van der Waals surface area contributed by atoms with Gasteiger partial charge >= 0.3 is 0 Å². The van der Waals surface area contributed by atoms with E-state index in [-0.39, 0.29) is 5.75 Å². The van der Waals surface area contributed by atoms with Crippen LogP contribution in [-0.2, 0) is 4.74 Å². The summed E-state index contributed by atoms with van der Waals surface area (Å²) in [6.07, 6.45) is 1.94. The van der Waals surface area contributed by atoms with E-state index in [1.54, 1.807) is 0 Å². The Kier molecular flexibility index (Phi) is 5.54. The average Bonchev–Trinajstić information content (AvgIpc) is 2.41. The second-order valence-electron chi connectivity index (χ2n) is 4.39. The van der Waals surface area contributed by atoms with Crippen molar-refractivity contribution < 1.29 is 18.3 Å². The van der Waals surface area contributed by atoms with E-state index in [1.165, 1.54) is 6.07 Å². The summed E-state index contributed by atoms with van der Waals surface area (Å²) in [5, 5.41) is 3.31. The zero-order valence-electron chi connectivity index (χ0n) is 10.4. The van der Waals surface area contributed by atoms with E-state index in [1.807, 2.05) is 0 Å². The largest absolute Gasteiger partial charge is 0.489 e. The minimum atomic E-state index is -0.950. The van der Waals surface area contributed by atoms with E-state index in [4.69, 9.17) is 9.47 Å². The van der Waals surface area contributed by atoms with Crippen molar-refractivity contribution in [1.82, 2.24) is 5.32 Å². The van der Waals surface area contributed by atoms with Gasteiger partial charge in [-0.1, -0.05) is 15.9 Å². The van der Waals surface area contributed by atoms with E-state index in [0.29, 0.717) is 23.7 Å². The summed E-state index contributed by atoms with van der Waals surface area (Å²) in [6.45, 7) is 2.43. The number of hydrogen-bond acceptors (Lipinski definition) is 3. The van der Waals surface area contributed by atoms with Crippen LogP contribution < -0.4 is 10.1 Å². The summed E-state index contributed by atoms with van der Waals surface area (Å²) < 4.78 is 37.5. The first-order valence-electron chi connectivity index (χ1n) is 6.25. The van der Waals surface area contributed by atoms with Crippen LogP contribution >= 0.6 is 15.9 Å². The molecule has 0 atom stereocenters. The molecule has 0 unspecified atom stereocenters. The van der Waals surface area contributed by atoms with E-state index in [2.05, 4.69) is 21.2 Å². The lowest BCUT2D eigenvalue weighted by atomic mass is 10.1. The number of benzene rings is 1. The monoisotopic (exact) mass is 335 g/mol. The van der Waals surface area contributed by atoms with Crippen molar-refractivity contribution in [2.75, 3.05) is 26.4 Å². The Morgan fingerprint density at radius 1 is 1.32 bits per heavy atom. The Bertz CT molecular complexity index is 425. The van der Waals surface area contributed by atoms with Crippen molar-refractivity contribution in [2.24, 2.45) is 0 Å². The van der Waals surface area contributed by atoms with E-state index in [0.717, 1.165) is 32.1 Å². The minimum absolute atomic E-state index is 0.0688. The summed E-state index contributed by atoms with van der Waals surface area (Å²) >= 11 is 3.10. The van der Waals surface area contributed by atoms with Gasteiger partial charge in [0.2, 0.25) is 5.82 Å². The lowest BCUT2D eigenvalue weighted by Crippen LogP contribution is -2.37. The Morgan fingerprint density at radius 3 is 2.79 bits per heavy atom. The standard InChI is InChI=1S/C13H16BrF2NO2/c14-9-7-11(15)13(16)12(8-9)19-6-3-17-10-1-4-18-5-2-10/h7-8,10,17H,1-6H2. The lowest BCUT2D eigenvalue weighted by Gasteiger charge is -2.23. The second-order valence-corrected chi connectivity index (χ2v) is 5.30. The van der Waals surface area contributed by atoms with Gasteiger partial charge in [-0.2, -0.15) is 4.39 Å². The van der Waals surface area contributed by atoms with Crippen molar-refractivity contribution in [3.63, 3.8) is 0 Å². The van der Waals surface area contributed by atoms with Gasteiger partial charge in [0, 0.05) is 30.3 Å². The molecule has 1 aromatic rings. The van der Waals surface area contributed by atoms with Crippen molar-refractivity contribution in [3.05, 3.63) is 28.2 Å². The van der Waals surface area contributed by atoms with Crippen molar-refractivity contribution >= 4 is 15.9 Å². The topological polar surface area (TPSA) is 30.5 Å². The van der Waals surface area contributed by atoms with Crippen molar-refractivity contribution in [2.45, 2.75) is 18.9 Å². The molecule has 19 heavy (non-hydrogen) atoms. The molecule has 0 saturated carbocycles. The molecular weight excluding hydrogens is 320 g/mol. The summed E-state index contributed by atoms with van der Waals surface area (Å²) in [5.41, 5.74) is 0. The second kappa shape index (κ2) is 7.17. The molecule has 1 saturated heterocycles. The van der Waals surface area contributed by atoms with Crippen molar-refractivity contribution in [3.8, 4) is 5.75 Å². The highest BCUT2D eigenvalue weighted by Crippen LogP contribution is 2.25. The lowest BCUT2D eigenvalue weighted by molar-refractivity contribution is 0.0770. The van der Waals surface area contributed by atoms with Crippen LogP contribution in [-0.4, -0.2) is 32.4 Å². The molecule has 1 aliphatic heterocycles. The molecule has 1 heterocycles. The van der Waals surface area contributed by atoms with Crippen LogP contribution in [0.25, 0.3) is 0 Å². The van der Waals surface area contributed by atoms with Gasteiger partial charge in [0.1, 0.15) is 6.61 Å². The third-order valence-corrected chi connectivity index (χ3v) is 3.43. The van der Waals surface area contributed by atoms with E-state index >= 15 is 0 Å².